The Labute approximate surface area is 75.8 Å². The molecule has 1 aromatic heterocycles. The average Bonchev–Trinajstić information content (AvgIpc) is 2.47. The molecule has 0 saturated heterocycles. The Kier molecular flexibility index (Phi) is 3.43. The quantitative estimate of drug-likeness (QED) is 0.739. The summed E-state index contributed by atoms with van der Waals surface area (Å²) in [5.74, 6) is 0.772. The van der Waals surface area contributed by atoms with Crippen molar-refractivity contribution >= 4 is 16.7 Å². The van der Waals surface area contributed by atoms with Crippen molar-refractivity contribution in [3.63, 3.8) is 0 Å². The predicted molar refractivity (Wildman–Crippen MR) is 49.4 cm³/mol. The summed E-state index contributed by atoms with van der Waals surface area (Å²) >= 11 is 1.32. The SMILES string of the molecule is CCC(O)CNc1nc(C)ns1. The van der Waals surface area contributed by atoms with Crippen LogP contribution >= 0.6 is 11.5 Å². The van der Waals surface area contributed by atoms with Gasteiger partial charge in [0.1, 0.15) is 5.82 Å². The summed E-state index contributed by atoms with van der Waals surface area (Å²) in [5, 5.41) is 13.0. The summed E-state index contributed by atoms with van der Waals surface area (Å²) < 4.78 is 4.01. The van der Waals surface area contributed by atoms with E-state index in [1.54, 1.807) is 0 Å². The normalized spacial score (nSPS) is 12.9. The van der Waals surface area contributed by atoms with Crippen LogP contribution in [0.5, 0.6) is 0 Å². The van der Waals surface area contributed by atoms with Gasteiger partial charge in [0, 0.05) is 18.1 Å². The van der Waals surface area contributed by atoms with E-state index in [4.69, 9.17) is 0 Å². The summed E-state index contributed by atoms with van der Waals surface area (Å²) in [4.78, 5) is 4.10. The van der Waals surface area contributed by atoms with E-state index in [1.165, 1.54) is 11.5 Å². The van der Waals surface area contributed by atoms with Gasteiger partial charge < -0.3 is 10.4 Å². The number of aliphatic hydroxyl groups excluding tert-OH is 1. The first-order valence-electron chi connectivity index (χ1n) is 3.94. The highest BCUT2D eigenvalue weighted by Crippen LogP contribution is 2.09. The molecule has 0 radical (unpaired) electrons. The van der Waals surface area contributed by atoms with Gasteiger partial charge in [-0.25, -0.2) is 4.98 Å². The first-order valence-corrected chi connectivity index (χ1v) is 4.72. The van der Waals surface area contributed by atoms with Gasteiger partial charge in [0.15, 0.2) is 0 Å². The van der Waals surface area contributed by atoms with Crippen molar-refractivity contribution in [1.29, 1.82) is 0 Å². The second kappa shape index (κ2) is 4.37. The van der Waals surface area contributed by atoms with E-state index in [-0.39, 0.29) is 6.10 Å². The highest BCUT2D eigenvalue weighted by atomic mass is 32.1. The number of anilines is 1. The van der Waals surface area contributed by atoms with Gasteiger partial charge in [-0.3, -0.25) is 0 Å². The average molecular weight is 187 g/mol. The highest BCUT2D eigenvalue weighted by Gasteiger charge is 2.02. The molecule has 0 aliphatic carbocycles. The predicted octanol–water partition coefficient (Wildman–Crippen LogP) is 1.03. The molecule has 1 unspecified atom stereocenters. The zero-order chi connectivity index (χ0) is 8.97. The fraction of sp³-hybridized carbons (Fsp3) is 0.714. The van der Waals surface area contributed by atoms with Gasteiger partial charge in [-0.1, -0.05) is 6.92 Å². The number of nitrogens with one attached hydrogen (secondary N) is 1. The lowest BCUT2D eigenvalue weighted by Crippen LogP contribution is -2.17. The summed E-state index contributed by atoms with van der Waals surface area (Å²) in [6, 6.07) is 0. The second-order valence-corrected chi connectivity index (χ2v) is 3.34. The second-order valence-electron chi connectivity index (χ2n) is 2.59. The molecule has 68 valence electrons. The van der Waals surface area contributed by atoms with Gasteiger partial charge in [-0.05, 0) is 13.3 Å². The third-order valence-corrected chi connectivity index (χ3v) is 2.25. The number of nitrogens with zero attached hydrogens (tertiary/aromatic N) is 2. The Hall–Kier alpha value is -0.680. The van der Waals surface area contributed by atoms with Gasteiger partial charge in [-0.15, -0.1) is 0 Å². The molecule has 1 atom stereocenters. The number of aromatic nitrogens is 2. The van der Waals surface area contributed by atoms with Gasteiger partial charge in [0.05, 0.1) is 6.10 Å². The number of aryl methyl sites for hydroxylation is 1. The molecule has 0 saturated carbocycles. The molecule has 4 nitrogen and oxygen atoms in total. The van der Waals surface area contributed by atoms with Crippen LogP contribution in [0.15, 0.2) is 0 Å². The minimum atomic E-state index is -0.297. The maximum Gasteiger partial charge on any atom is 0.202 e. The van der Waals surface area contributed by atoms with Crippen molar-refractivity contribution < 1.29 is 5.11 Å². The minimum Gasteiger partial charge on any atom is -0.391 e. The highest BCUT2D eigenvalue weighted by molar-refractivity contribution is 7.09. The fourth-order valence-corrected chi connectivity index (χ4v) is 1.30. The third kappa shape index (κ3) is 2.75. The Bertz CT molecular complexity index is 238. The molecule has 1 heterocycles. The molecule has 0 amide bonds. The number of hydrogen-bond donors (Lipinski definition) is 2. The zero-order valence-electron chi connectivity index (χ0n) is 7.24. The van der Waals surface area contributed by atoms with Crippen LogP contribution in [0.3, 0.4) is 0 Å². The van der Waals surface area contributed by atoms with E-state index >= 15 is 0 Å². The van der Waals surface area contributed by atoms with Crippen LogP contribution in [0.1, 0.15) is 19.2 Å². The Balaban J connectivity index is 2.33. The van der Waals surface area contributed by atoms with E-state index in [2.05, 4.69) is 14.7 Å². The van der Waals surface area contributed by atoms with Crippen LogP contribution < -0.4 is 5.32 Å². The Morgan fingerprint density at radius 1 is 1.67 bits per heavy atom. The lowest BCUT2D eigenvalue weighted by Gasteiger charge is -2.06. The van der Waals surface area contributed by atoms with Crippen LogP contribution in [-0.4, -0.2) is 27.1 Å². The fourth-order valence-electron chi connectivity index (χ4n) is 0.718. The number of rotatable bonds is 4. The topological polar surface area (TPSA) is 58.0 Å². The maximum atomic E-state index is 9.22. The van der Waals surface area contributed by atoms with E-state index in [1.807, 2.05) is 13.8 Å². The lowest BCUT2D eigenvalue weighted by molar-refractivity contribution is 0.183. The van der Waals surface area contributed by atoms with Crippen molar-refractivity contribution in [2.24, 2.45) is 0 Å². The van der Waals surface area contributed by atoms with Crippen molar-refractivity contribution in [2.75, 3.05) is 11.9 Å². The summed E-state index contributed by atoms with van der Waals surface area (Å²) in [5.41, 5.74) is 0. The van der Waals surface area contributed by atoms with Gasteiger partial charge >= 0.3 is 0 Å². The largest absolute Gasteiger partial charge is 0.391 e. The van der Waals surface area contributed by atoms with Crippen LogP contribution in [-0.2, 0) is 0 Å². The molecule has 0 aromatic carbocycles. The van der Waals surface area contributed by atoms with E-state index < -0.39 is 0 Å². The van der Waals surface area contributed by atoms with Crippen molar-refractivity contribution in [3.8, 4) is 0 Å². The van der Waals surface area contributed by atoms with Crippen LogP contribution in [0.2, 0.25) is 0 Å². The number of aliphatic hydroxyl groups is 1. The Morgan fingerprint density at radius 3 is 2.92 bits per heavy atom. The van der Waals surface area contributed by atoms with Crippen LogP contribution in [0.25, 0.3) is 0 Å². The molecule has 0 aliphatic heterocycles. The van der Waals surface area contributed by atoms with Crippen molar-refractivity contribution in [1.82, 2.24) is 9.36 Å². The minimum absolute atomic E-state index is 0.297. The molecule has 1 aromatic rings. The molecule has 0 spiro atoms. The van der Waals surface area contributed by atoms with E-state index in [9.17, 15) is 5.11 Å². The van der Waals surface area contributed by atoms with Gasteiger partial charge in [0.2, 0.25) is 5.13 Å². The zero-order valence-corrected chi connectivity index (χ0v) is 8.06. The monoisotopic (exact) mass is 187 g/mol. The van der Waals surface area contributed by atoms with E-state index in [0.29, 0.717) is 6.54 Å². The summed E-state index contributed by atoms with van der Waals surface area (Å²) in [6.07, 6.45) is 0.458. The third-order valence-electron chi connectivity index (χ3n) is 1.49. The standard InChI is InChI=1S/C7H13N3OS/c1-3-6(11)4-8-7-9-5(2)10-12-7/h6,11H,3-4H2,1-2H3,(H,8,9,10). The molecule has 12 heavy (non-hydrogen) atoms. The van der Waals surface area contributed by atoms with Crippen LogP contribution in [0.4, 0.5) is 5.13 Å². The Morgan fingerprint density at radius 2 is 2.42 bits per heavy atom. The smallest absolute Gasteiger partial charge is 0.202 e. The first-order chi connectivity index (χ1) is 5.72. The molecule has 1 rings (SSSR count). The molecular formula is C7H13N3OS. The summed E-state index contributed by atoms with van der Waals surface area (Å²) in [7, 11) is 0. The molecule has 0 bridgehead atoms. The number of hydrogen-bond acceptors (Lipinski definition) is 5. The molecule has 2 N–H and O–H groups in total. The van der Waals surface area contributed by atoms with Crippen LogP contribution in [0, 0.1) is 6.92 Å². The first kappa shape index (κ1) is 9.41. The van der Waals surface area contributed by atoms with Gasteiger partial charge in [0.25, 0.3) is 0 Å². The molecule has 5 heteroatoms. The van der Waals surface area contributed by atoms with E-state index in [0.717, 1.165) is 17.4 Å². The summed E-state index contributed by atoms with van der Waals surface area (Å²) in [6.45, 7) is 4.33. The molecule has 0 fully saturated rings. The molecule has 0 aliphatic rings. The van der Waals surface area contributed by atoms with Crippen molar-refractivity contribution in [3.05, 3.63) is 5.82 Å². The lowest BCUT2D eigenvalue weighted by atomic mass is 10.3. The maximum absolute atomic E-state index is 9.22. The molecular weight excluding hydrogens is 174 g/mol. The van der Waals surface area contributed by atoms with Crippen molar-refractivity contribution in [2.45, 2.75) is 26.4 Å². The van der Waals surface area contributed by atoms with Gasteiger partial charge in [-0.2, -0.15) is 4.37 Å².